The van der Waals surface area contributed by atoms with Gasteiger partial charge in [0.1, 0.15) is 10.7 Å². The van der Waals surface area contributed by atoms with Crippen LogP contribution in [0.4, 0.5) is 8.78 Å². The van der Waals surface area contributed by atoms with Crippen LogP contribution in [0.5, 0.6) is 0 Å². The molecule has 0 spiro atoms. The van der Waals surface area contributed by atoms with Crippen LogP contribution in [-0.2, 0) is 6.54 Å². The van der Waals surface area contributed by atoms with Crippen LogP contribution in [0.1, 0.15) is 27.7 Å². The Morgan fingerprint density at radius 3 is 2.78 bits per heavy atom. The summed E-state index contributed by atoms with van der Waals surface area (Å²) in [4.78, 5) is 22.6. The van der Waals surface area contributed by atoms with Gasteiger partial charge in [-0.05, 0) is 19.1 Å². The zero-order chi connectivity index (χ0) is 16.6. The molecule has 1 aromatic carbocycles. The third-order valence-corrected chi connectivity index (χ3v) is 4.45. The smallest absolute Gasteiger partial charge is 0.320 e. The number of hydrogen-bond donors (Lipinski definition) is 0. The van der Waals surface area contributed by atoms with Crippen LogP contribution in [0.3, 0.4) is 0 Å². The highest BCUT2D eigenvalue weighted by Crippen LogP contribution is 2.24. The van der Waals surface area contributed by atoms with Crippen molar-refractivity contribution in [3.8, 4) is 0 Å². The average Bonchev–Trinajstić information content (AvgIpc) is 3.09. The van der Waals surface area contributed by atoms with E-state index < -0.39 is 6.55 Å². The van der Waals surface area contributed by atoms with Gasteiger partial charge in [0.15, 0.2) is 0 Å². The lowest BCUT2D eigenvalue weighted by Gasteiger charge is -2.17. The Morgan fingerprint density at radius 2 is 2.13 bits per heavy atom. The quantitative estimate of drug-likeness (QED) is 0.733. The van der Waals surface area contributed by atoms with Gasteiger partial charge in [0.2, 0.25) is 0 Å². The number of thiazole rings is 1. The van der Waals surface area contributed by atoms with E-state index in [1.165, 1.54) is 16.2 Å². The number of nitrogens with zero attached hydrogens (tertiary/aromatic N) is 4. The molecule has 2 aromatic heterocycles. The summed E-state index contributed by atoms with van der Waals surface area (Å²) in [6, 6.07) is 6.69. The Labute approximate surface area is 135 Å². The zero-order valence-electron chi connectivity index (χ0n) is 12.5. The van der Waals surface area contributed by atoms with Crippen LogP contribution < -0.4 is 0 Å². The lowest BCUT2D eigenvalue weighted by atomic mass is 10.3. The van der Waals surface area contributed by atoms with Crippen molar-refractivity contribution in [3.05, 3.63) is 46.2 Å². The molecular formula is C15H14F2N4OS. The van der Waals surface area contributed by atoms with Crippen molar-refractivity contribution in [2.24, 2.45) is 0 Å². The normalized spacial score (nSPS) is 11.3. The first-order valence-electron chi connectivity index (χ1n) is 6.88. The monoisotopic (exact) mass is 336 g/mol. The van der Waals surface area contributed by atoms with Crippen molar-refractivity contribution in [3.63, 3.8) is 0 Å². The number of alkyl halides is 2. The minimum absolute atomic E-state index is 0.00477. The first kappa shape index (κ1) is 15.5. The van der Waals surface area contributed by atoms with Crippen molar-refractivity contribution in [2.75, 3.05) is 7.05 Å². The largest absolute Gasteiger partial charge is 0.333 e. The highest BCUT2D eigenvalue weighted by Gasteiger charge is 2.22. The molecule has 0 fully saturated rings. The second-order valence-electron chi connectivity index (χ2n) is 5.09. The SMILES string of the molecule is Cc1ncsc1C(=O)N(C)Cc1nc2ccccc2n1C(F)F. The van der Waals surface area contributed by atoms with Gasteiger partial charge in [0, 0.05) is 7.05 Å². The summed E-state index contributed by atoms with van der Waals surface area (Å²) >= 11 is 1.23. The molecule has 0 N–H and O–H groups in total. The van der Waals surface area contributed by atoms with Gasteiger partial charge in [0.05, 0.1) is 28.8 Å². The zero-order valence-corrected chi connectivity index (χ0v) is 13.3. The molecule has 8 heteroatoms. The van der Waals surface area contributed by atoms with Crippen LogP contribution in [0.2, 0.25) is 0 Å². The minimum atomic E-state index is -2.72. The number of carbonyl (C=O) groups excluding carboxylic acids is 1. The van der Waals surface area contributed by atoms with Crippen molar-refractivity contribution >= 4 is 28.3 Å². The summed E-state index contributed by atoms with van der Waals surface area (Å²) in [6.07, 6.45) is 0. The molecular weight excluding hydrogens is 322 g/mol. The van der Waals surface area contributed by atoms with Crippen LogP contribution in [0.15, 0.2) is 29.8 Å². The lowest BCUT2D eigenvalue weighted by molar-refractivity contribution is 0.0647. The van der Waals surface area contributed by atoms with Crippen molar-refractivity contribution in [1.29, 1.82) is 0 Å². The molecule has 23 heavy (non-hydrogen) atoms. The summed E-state index contributed by atoms with van der Waals surface area (Å²) in [5.41, 5.74) is 3.06. The van der Waals surface area contributed by atoms with E-state index in [1.807, 2.05) is 0 Å². The van der Waals surface area contributed by atoms with E-state index >= 15 is 0 Å². The maximum absolute atomic E-state index is 13.4. The predicted octanol–water partition coefficient (Wildman–Crippen LogP) is 3.47. The molecule has 1 amide bonds. The number of aryl methyl sites for hydroxylation is 1. The van der Waals surface area contributed by atoms with E-state index in [0.29, 0.717) is 21.6 Å². The van der Waals surface area contributed by atoms with E-state index in [1.54, 1.807) is 43.7 Å². The Bertz CT molecular complexity index is 858. The summed E-state index contributed by atoms with van der Waals surface area (Å²) in [5.74, 6) is -0.0999. The molecule has 0 saturated heterocycles. The number of aromatic nitrogens is 3. The molecule has 0 unspecified atom stereocenters. The summed E-state index contributed by atoms with van der Waals surface area (Å²) in [5, 5.41) is 0. The van der Waals surface area contributed by atoms with E-state index in [9.17, 15) is 13.6 Å². The van der Waals surface area contributed by atoms with Crippen LogP contribution in [0.25, 0.3) is 11.0 Å². The summed E-state index contributed by atoms with van der Waals surface area (Å²) in [6.45, 7) is -0.979. The highest BCUT2D eigenvalue weighted by molar-refractivity contribution is 7.11. The number of carbonyl (C=O) groups is 1. The Kier molecular flexibility index (Phi) is 4.08. The number of hydrogen-bond acceptors (Lipinski definition) is 4. The van der Waals surface area contributed by atoms with Gasteiger partial charge in [-0.15, -0.1) is 11.3 Å². The molecule has 0 bridgehead atoms. The van der Waals surface area contributed by atoms with Gasteiger partial charge in [-0.1, -0.05) is 12.1 Å². The summed E-state index contributed by atoms with van der Waals surface area (Å²) in [7, 11) is 1.57. The number of benzene rings is 1. The third-order valence-electron chi connectivity index (χ3n) is 3.53. The fourth-order valence-electron chi connectivity index (χ4n) is 2.39. The standard InChI is InChI=1S/C15H14F2N4OS/c1-9-13(23-8-18-9)14(22)20(2)7-12-19-10-5-3-4-6-11(10)21(12)15(16)17/h3-6,8,15H,7H2,1-2H3. The predicted molar refractivity (Wildman–Crippen MR) is 83.6 cm³/mol. The van der Waals surface area contributed by atoms with Gasteiger partial charge in [-0.3, -0.25) is 9.36 Å². The number of rotatable bonds is 4. The second kappa shape index (κ2) is 6.04. The van der Waals surface area contributed by atoms with Crippen molar-refractivity contribution in [2.45, 2.75) is 20.0 Å². The molecule has 0 aliphatic heterocycles. The van der Waals surface area contributed by atoms with Gasteiger partial charge in [0.25, 0.3) is 5.91 Å². The summed E-state index contributed by atoms with van der Waals surface area (Å²) < 4.78 is 27.6. The third kappa shape index (κ3) is 2.81. The first-order valence-corrected chi connectivity index (χ1v) is 7.76. The number of amides is 1. The van der Waals surface area contributed by atoms with Crippen molar-refractivity contribution < 1.29 is 13.6 Å². The molecule has 0 radical (unpaired) electrons. The lowest BCUT2D eigenvalue weighted by Crippen LogP contribution is -2.27. The molecule has 0 aliphatic rings. The van der Waals surface area contributed by atoms with E-state index in [4.69, 9.17) is 0 Å². The number of halogens is 2. The van der Waals surface area contributed by atoms with E-state index in [2.05, 4.69) is 9.97 Å². The fraction of sp³-hybridized carbons (Fsp3) is 0.267. The number of imidazole rings is 1. The topological polar surface area (TPSA) is 51.0 Å². The average molecular weight is 336 g/mol. The van der Waals surface area contributed by atoms with Crippen molar-refractivity contribution in [1.82, 2.24) is 19.4 Å². The van der Waals surface area contributed by atoms with Crippen LogP contribution in [-0.4, -0.2) is 32.4 Å². The van der Waals surface area contributed by atoms with Gasteiger partial charge < -0.3 is 4.90 Å². The molecule has 0 saturated carbocycles. The van der Waals surface area contributed by atoms with Gasteiger partial charge >= 0.3 is 6.55 Å². The molecule has 3 rings (SSSR count). The van der Waals surface area contributed by atoms with E-state index in [-0.39, 0.29) is 18.3 Å². The Balaban J connectivity index is 1.93. The fourth-order valence-corrected chi connectivity index (χ4v) is 3.18. The molecule has 5 nitrogen and oxygen atoms in total. The first-order chi connectivity index (χ1) is 11.0. The van der Waals surface area contributed by atoms with E-state index in [0.717, 1.165) is 4.57 Å². The Hall–Kier alpha value is -2.35. The molecule has 0 aliphatic carbocycles. The Morgan fingerprint density at radius 1 is 1.39 bits per heavy atom. The van der Waals surface area contributed by atoms with Crippen LogP contribution in [0, 0.1) is 6.92 Å². The van der Waals surface area contributed by atoms with Crippen LogP contribution >= 0.6 is 11.3 Å². The molecule has 0 atom stereocenters. The second-order valence-corrected chi connectivity index (χ2v) is 5.95. The molecule has 3 aromatic rings. The number of fused-ring (bicyclic) bond motifs is 1. The highest BCUT2D eigenvalue weighted by atomic mass is 32.1. The maximum Gasteiger partial charge on any atom is 0.320 e. The maximum atomic E-state index is 13.4. The molecule has 2 heterocycles. The van der Waals surface area contributed by atoms with Gasteiger partial charge in [-0.25, -0.2) is 9.97 Å². The molecule has 120 valence electrons. The van der Waals surface area contributed by atoms with Gasteiger partial charge in [-0.2, -0.15) is 8.78 Å². The number of para-hydroxylation sites is 2. The minimum Gasteiger partial charge on any atom is -0.333 e.